The molecule has 8 heteroatoms. The Balaban J connectivity index is 2.05. The van der Waals surface area contributed by atoms with E-state index in [-0.39, 0.29) is 24.7 Å². The van der Waals surface area contributed by atoms with Crippen molar-refractivity contribution in [2.45, 2.75) is 13.8 Å². The van der Waals surface area contributed by atoms with Crippen LogP contribution in [0, 0.1) is 19.7 Å². The Morgan fingerprint density at radius 2 is 2.15 bits per heavy atom. The standard InChI is InChI=1S/C18H18FN3O4/c1-10-3-4-13(12(19)9-10)21-16-15-11(2)20-6-5-14(15)26-17(16)18(24)22-25-8-7-23/h3-6,9,21,23H,7-8H2,1-2H3,(H,22,24). The number of hydrogen-bond acceptors (Lipinski definition) is 6. The molecule has 0 saturated heterocycles. The van der Waals surface area contributed by atoms with E-state index in [1.54, 1.807) is 38.2 Å². The first kappa shape index (κ1) is 17.8. The van der Waals surface area contributed by atoms with Crippen molar-refractivity contribution in [3.63, 3.8) is 0 Å². The number of fused-ring (bicyclic) bond motifs is 1. The highest BCUT2D eigenvalue weighted by atomic mass is 19.1. The summed E-state index contributed by atoms with van der Waals surface area (Å²) in [5, 5.41) is 12.2. The lowest BCUT2D eigenvalue weighted by molar-refractivity contribution is 0.0152. The number of carbonyl (C=O) groups is 1. The molecule has 0 fully saturated rings. The van der Waals surface area contributed by atoms with Gasteiger partial charge in [0.15, 0.2) is 0 Å². The van der Waals surface area contributed by atoms with Crippen molar-refractivity contribution in [2.75, 3.05) is 18.5 Å². The van der Waals surface area contributed by atoms with Crippen LogP contribution in [-0.4, -0.2) is 29.2 Å². The van der Waals surface area contributed by atoms with Gasteiger partial charge < -0.3 is 14.8 Å². The van der Waals surface area contributed by atoms with E-state index in [9.17, 15) is 9.18 Å². The van der Waals surface area contributed by atoms with Crippen molar-refractivity contribution in [2.24, 2.45) is 0 Å². The Kier molecular flexibility index (Phi) is 5.15. The highest BCUT2D eigenvalue weighted by Crippen LogP contribution is 2.35. The van der Waals surface area contributed by atoms with Crippen LogP contribution in [0.1, 0.15) is 21.8 Å². The van der Waals surface area contributed by atoms with E-state index in [0.29, 0.717) is 22.4 Å². The zero-order valence-corrected chi connectivity index (χ0v) is 14.3. The van der Waals surface area contributed by atoms with Crippen LogP contribution in [0.4, 0.5) is 15.8 Å². The van der Waals surface area contributed by atoms with Crippen LogP contribution in [0.15, 0.2) is 34.9 Å². The summed E-state index contributed by atoms with van der Waals surface area (Å²) in [4.78, 5) is 21.4. The number of halogens is 1. The third kappa shape index (κ3) is 3.51. The van der Waals surface area contributed by atoms with Gasteiger partial charge in [-0.15, -0.1) is 0 Å². The van der Waals surface area contributed by atoms with Gasteiger partial charge in [-0.05, 0) is 37.6 Å². The first-order chi connectivity index (χ1) is 12.5. The Morgan fingerprint density at radius 1 is 1.35 bits per heavy atom. The second-order valence-electron chi connectivity index (χ2n) is 5.69. The zero-order valence-electron chi connectivity index (χ0n) is 14.3. The maximum Gasteiger partial charge on any atom is 0.312 e. The number of hydrogen-bond donors (Lipinski definition) is 3. The molecule has 0 aliphatic carbocycles. The number of furan rings is 1. The van der Waals surface area contributed by atoms with Crippen LogP contribution >= 0.6 is 0 Å². The molecule has 136 valence electrons. The van der Waals surface area contributed by atoms with Gasteiger partial charge in [0.05, 0.1) is 30.0 Å². The Bertz CT molecular complexity index is 955. The number of hydroxylamine groups is 1. The number of nitrogens with one attached hydrogen (secondary N) is 2. The lowest BCUT2D eigenvalue weighted by Gasteiger charge is -2.10. The maximum atomic E-state index is 14.3. The third-order valence-corrected chi connectivity index (χ3v) is 3.74. The number of nitrogens with zero attached hydrogens (tertiary/aromatic N) is 1. The minimum Gasteiger partial charge on any atom is -0.448 e. The minimum absolute atomic E-state index is 0.0676. The molecule has 3 aromatic rings. The highest BCUT2D eigenvalue weighted by molar-refractivity contribution is 6.07. The molecule has 0 atom stereocenters. The van der Waals surface area contributed by atoms with Crippen LogP contribution in [0.25, 0.3) is 11.0 Å². The van der Waals surface area contributed by atoms with Gasteiger partial charge in [0, 0.05) is 6.20 Å². The van der Waals surface area contributed by atoms with Gasteiger partial charge >= 0.3 is 5.91 Å². The van der Waals surface area contributed by atoms with E-state index in [1.807, 2.05) is 0 Å². The van der Waals surface area contributed by atoms with Gasteiger partial charge in [-0.25, -0.2) is 9.87 Å². The van der Waals surface area contributed by atoms with Crippen LogP contribution in [0.2, 0.25) is 0 Å². The number of aliphatic hydroxyl groups is 1. The lowest BCUT2D eigenvalue weighted by Crippen LogP contribution is -2.25. The Morgan fingerprint density at radius 3 is 2.88 bits per heavy atom. The van der Waals surface area contributed by atoms with Gasteiger partial charge in [-0.3, -0.25) is 14.6 Å². The molecule has 0 aliphatic rings. The van der Waals surface area contributed by atoms with Gasteiger partial charge in [-0.1, -0.05) is 6.07 Å². The summed E-state index contributed by atoms with van der Waals surface area (Å²) in [6.45, 7) is 3.23. The summed E-state index contributed by atoms with van der Waals surface area (Å²) >= 11 is 0. The summed E-state index contributed by atoms with van der Waals surface area (Å²) in [7, 11) is 0. The van der Waals surface area contributed by atoms with Gasteiger partial charge in [0.2, 0.25) is 5.76 Å². The summed E-state index contributed by atoms with van der Waals surface area (Å²) in [5.74, 6) is -1.19. The molecule has 2 heterocycles. The quantitative estimate of drug-likeness (QED) is 0.462. The molecular weight excluding hydrogens is 341 g/mol. The molecule has 7 nitrogen and oxygen atoms in total. The van der Waals surface area contributed by atoms with Crippen molar-refractivity contribution in [3.8, 4) is 0 Å². The fraction of sp³-hybridized carbons (Fsp3) is 0.222. The average Bonchev–Trinajstić information content (AvgIpc) is 2.97. The molecule has 3 N–H and O–H groups in total. The van der Waals surface area contributed by atoms with Crippen molar-refractivity contribution in [1.29, 1.82) is 0 Å². The van der Waals surface area contributed by atoms with E-state index in [2.05, 4.69) is 15.8 Å². The fourth-order valence-electron chi connectivity index (χ4n) is 2.55. The highest BCUT2D eigenvalue weighted by Gasteiger charge is 2.23. The van der Waals surface area contributed by atoms with E-state index in [1.165, 1.54) is 6.07 Å². The molecular formula is C18H18FN3O4. The van der Waals surface area contributed by atoms with E-state index in [4.69, 9.17) is 14.4 Å². The molecule has 1 amide bonds. The predicted octanol–water partition coefficient (Wildman–Crippen LogP) is 2.98. The van der Waals surface area contributed by atoms with Crippen LogP contribution in [-0.2, 0) is 4.84 Å². The zero-order chi connectivity index (χ0) is 18.7. The first-order valence-electron chi connectivity index (χ1n) is 7.95. The number of amides is 1. The molecule has 0 radical (unpaired) electrons. The number of aliphatic hydroxyl groups excluding tert-OH is 1. The summed E-state index contributed by atoms with van der Waals surface area (Å²) in [6, 6.07) is 6.34. The number of carbonyl (C=O) groups excluding carboxylic acids is 1. The first-order valence-corrected chi connectivity index (χ1v) is 7.95. The third-order valence-electron chi connectivity index (χ3n) is 3.74. The van der Waals surface area contributed by atoms with Crippen LogP contribution in [0.5, 0.6) is 0 Å². The SMILES string of the molecule is Cc1ccc(Nc2c(C(=O)NOCCO)oc3ccnc(C)c23)c(F)c1. The molecule has 0 unspecified atom stereocenters. The van der Waals surface area contributed by atoms with E-state index >= 15 is 0 Å². The Hall–Kier alpha value is -2.97. The average molecular weight is 359 g/mol. The van der Waals surface area contributed by atoms with E-state index in [0.717, 1.165) is 5.56 Å². The van der Waals surface area contributed by atoms with Gasteiger partial charge in [0.25, 0.3) is 0 Å². The normalized spacial score (nSPS) is 10.9. The lowest BCUT2D eigenvalue weighted by atomic mass is 10.1. The molecule has 0 bridgehead atoms. The number of aryl methyl sites for hydroxylation is 2. The van der Waals surface area contributed by atoms with Crippen LogP contribution in [0.3, 0.4) is 0 Å². The van der Waals surface area contributed by atoms with Crippen molar-refractivity contribution < 1.29 is 23.5 Å². The monoisotopic (exact) mass is 359 g/mol. The molecule has 0 spiro atoms. The number of rotatable bonds is 6. The van der Waals surface area contributed by atoms with E-state index < -0.39 is 11.7 Å². The topological polar surface area (TPSA) is 96.6 Å². The van der Waals surface area contributed by atoms with Crippen LogP contribution < -0.4 is 10.8 Å². The maximum absolute atomic E-state index is 14.3. The van der Waals surface area contributed by atoms with Crippen molar-refractivity contribution in [3.05, 3.63) is 53.3 Å². The number of anilines is 2. The number of aromatic nitrogens is 1. The molecule has 3 rings (SSSR count). The molecule has 0 saturated carbocycles. The second kappa shape index (κ2) is 7.51. The molecule has 2 aromatic heterocycles. The van der Waals surface area contributed by atoms with Gasteiger partial charge in [0.1, 0.15) is 17.1 Å². The van der Waals surface area contributed by atoms with Gasteiger partial charge in [-0.2, -0.15) is 0 Å². The minimum atomic E-state index is -0.663. The summed E-state index contributed by atoms with van der Waals surface area (Å²) in [6.07, 6.45) is 1.56. The molecule has 26 heavy (non-hydrogen) atoms. The molecule has 1 aromatic carbocycles. The largest absolute Gasteiger partial charge is 0.448 e. The summed E-state index contributed by atoms with van der Waals surface area (Å²) < 4.78 is 19.9. The second-order valence-corrected chi connectivity index (χ2v) is 5.69. The van der Waals surface area contributed by atoms with Crippen molar-refractivity contribution in [1.82, 2.24) is 10.5 Å². The predicted molar refractivity (Wildman–Crippen MR) is 93.7 cm³/mol. The summed E-state index contributed by atoms with van der Waals surface area (Å²) in [5.41, 5.74) is 4.50. The van der Waals surface area contributed by atoms with Crippen molar-refractivity contribution >= 4 is 28.3 Å². The number of pyridine rings is 1. The number of benzene rings is 1. The Labute approximate surface area is 148 Å². The fourth-order valence-corrected chi connectivity index (χ4v) is 2.55. The smallest absolute Gasteiger partial charge is 0.312 e. The molecule has 0 aliphatic heterocycles.